The Bertz CT molecular complexity index is 1080. The second-order valence-electron chi connectivity index (χ2n) is 6.62. The molecule has 6 nitrogen and oxygen atoms in total. The van der Waals surface area contributed by atoms with Crippen LogP contribution >= 0.6 is 0 Å². The Hall–Kier alpha value is -3.67. The van der Waals surface area contributed by atoms with Gasteiger partial charge < -0.3 is 15.2 Å². The summed E-state index contributed by atoms with van der Waals surface area (Å²) in [5.41, 5.74) is 4.24. The highest BCUT2D eigenvalue weighted by Gasteiger charge is 2.09. The summed E-state index contributed by atoms with van der Waals surface area (Å²) in [6.45, 7) is 4.57. The molecule has 2 aromatic carbocycles. The SMILES string of the molecule is Cc1cccc(CNc2nc(Nc3cc(C)on3)cc(-c3ccccc3)n2)c1. The van der Waals surface area contributed by atoms with E-state index in [0.29, 0.717) is 24.1 Å². The number of anilines is 3. The molecule has 6 heteroatoms. The fourth-order valence-electron chi connectivity index (χ4n) is 2.91. The highest BCUT2D eigenvalue weighted by atomic mass is 16.5. The molecule has 4 rings (SSSR count). The van der Waals surface area contributed by atoms with Crippen molar-refractivity contribution in [3.05, 3.63) is 83.6 Å². The third kappa shape index (κ3) is 4.35. The van der Waals surface area contributed by atoms with E-state index in [9.17, 15) is 0 Å². The first-order chi connectivity index (χ1) is 13.7. The van der Waals surface area contributed by atoms with Crippen molar-refractivity contribution in [2.45, 2.75) is 20.4 Å². The summed E-state index contributed by atoms with van der Waals surface area (Å²) >= 11 is 0. The summed E-state index contributed by atoms with van der Waals surface area (Å²) in [4.78, 5) is 9.27. The molecule has 0 spiro atoms. The van der Waals surface area contributed by atoms with E-state index in [0.717, 1.165) is 17.0 Å². The summed E-state index contributed by atoms with van der Waals surface area (Å²) in [5.74, 6) is 2.54. The molecule has 0 bridgehead atoms. The average molecular weight is 371 g/mol. The van der Waals surface area contributed by atoms with Crippen LogP contribution in [0.4, 0.5) is 17.6 Å². The van der Waals surface area contributed by atoms with Gasteiger partial charge in [-0.05, 0) is 19.4 Å². The maximum atomic E-state index is 5.13. The van der Waals surface area contributed by atoms with Crippen molar-refractivity contribution < 1.29 is 4.52 Å². The van der Waals surface area contributed by atoms with Crippen LogP contribution in [0.5, 0.6) is 0 Å². The minimum absolute atomic E-state index is 0.547. The van der Waals surface area contributed by atoms with Gasteiger partial charge in [0.05, 0.1) is 5.69 Å². The molecule has 140 valence electrons. The van der Waals surface area contributed by atoms with Gasteiger partial charge in [0.25, 0.3) is 0 Å². The molecule has 0 aliphatic rings. The molecule has 0 saturated carbocycles. The normalized spacial score (nSPS) is 10.6. The predicted octanol–water partition coefficient (Wildman–Crippen LogP) is 5.10. The third-order valence-electron chi connectivity index (χ3n) is 4.21. The Balaban J connectivity index is 1.63. The van der Waals surface area contributed by atoms with Gasteiger partial charge in [-0.25, -0.2) is 4.98 Å². The molecule has 0 aliphatic carbocycles. The van der Waals surface area contributed by atoms with Crippen molar-refractivity contribution in [2.75, 3.05) is 10.6 Å². The summed E-state index contributed by atoms with van der Waals surface area (Å²) < 4.78 is 5.13. The Morgan fingerprint density at radius 1 is 0.857 bits per heavy atom. The van der Waals surface area contributed by atoms with Gasteiger partial charge in [-0.2, -0.15) is 4.98 Å². The molecule has 4 aromatic rings. The monoisotopic (exact) mass is 371 g/mol. The van der Waals surface area contributed by atoms with Gasteiger partial charge in [-0.15, -0.1) is 0 Å². The Labute approximate surface area is 163 Å². The van der Waals surface area contributed by atoms with E-state index in [1.54, 1.807) is 0 Å². The topological polar surface area (TPSA) is 75.9 Å². The largest absolute Gasteiger partial charge is 0.360 e. The van der Waals surface area contributed by atoms with Crippen LogP contribution in [0.2, 0.25) is 0 Å². The second-order valence-corrected chi connectivity index (χ2v) is 6.62. The first kappa shape index (κ1) is 17.7. The zero-order valence-corrected chi connectivity index (χ0v) is 15.8. The molecule has 0 radical (unpaired) electrons. The average Bonchev–Trinajstić information content (AvgIpc) is 3.11. The van der Waals surface area contributed by atoms with Crippen LogP contribution in [-0.2, 0) is 6.54 Å². The quantitative estimate of drug-likeness (QED) is 0.491. The Morgan fingerprint density at radius 2 is 1.71 bits per heavy atom. The fourth-order valence-corrected chi connectivity index (χ4v) is 2.91. The highest BCUT2D eigenvalue weighted by molar-refractivity contribution is 5.66. The maximum absolute atomic E-state index is 5.13. The summed E-state index contributed by atoms with van der Waals surface area (Å²) in [5, 5.41) is 10.5. The number of nitrogens with one attached hydrogen (secondary N) is 2. The predicted molar refractivity (Wildman–Crippen MR) is 110 cm³/mol. The molecule has 0 unspecified atom stereocenters. The number of hydrogen-bond acceptors (Lipinski definition) is 6. The van der Waals surface area contributed by atoms with E-state index in [-0.39, 0.29) is 0 Å². The lowest BCUT2D eigenvalue weighted by Gasteiger charge is -2.11. The van der Waals surface area contributed by atoms with Gasteiger partial charge in [0, 0.05) is 24.2 Å². The maximum Gasteiger partial charge on any atom is 0.225 e. The second kappa shape index (κ2) is 7.92. The van der Waals surface area contributed by atoms with Crippen LogP contribution < -0.4 is 10.6 Å². The number of nitrogens with zero attached hydrogens (tertiary/aromatic N) is 3. The summed E-state index contributed by atoms with van der Waals surface area (Å²) in [6.07, 6.45) is 0. The van der Waals surface area contributed by atoms with E-state index in [4.69, 9.17) is 4.52 Å². The Kier molecular flexibility index (Phi) is 5.01. The lowest BCUT2D eigenvalue weighted by molar-refractivity contribution is 0.400. The third-order valence-corrected chi connectivity index (χ3v) is 4.21. The number of hydrogen-bond donors (Lipinski definition) is 2. The zero-order valence-electron chi connectivity index (χ0n) is 15.8. The van der Waals surface area contributed by atoms with Gasteiger partial charge >= 0.3 is 0 Å². The van der Waals surface area contributed by atoms with Gasteiger partial charge in [0.1, 0.15) is 11.6 Å². The van der Waals surface area contributed by atoms with Crippen LogP contribution in [-0.4, -0.2) is 15.1 Å². The van der Waals surface area contributed by atoms with Crippen molar-refractivity contribution in [1.29, 1.82) is 0 Å². The lowest BCUT2D eigenvalue weighted by atomic mass is 10.1. The molecular formula is C22H21N5O. The highest BCUT2D eigenvalue weighted by Crippen LogP contribution is 2.23. The number of aromatic nitrogens is 3. The van der Waals surface area contributed by atoms with E-state index in [1.165, 1.54) is 11.1 Å². The van der Waals surface area contributed by atoms with Crippen LogP contribution in [0.1, 0.15) is 16.9 Å². The molecular weight excluding hydrogens is 350 g/mol. The molecule has 0 aliphatic heterocycles. The number of rotatable bonds is 6. The first-order valence-electron chi connectivity index (χ1n) is 9.10. The summed E-state index contributed by atoms with van der Waals surface area (Å²) in [7, 11) is 0. The van der Waals surface area contributed by atoms with Gasteiger partial charge in [0.15, 0.2) is 5.82 Å². The minimum atomic E-state index is 0.547. The molecule has 0 amide bonds. The van der Waals surface area contributed by atoms with Crippen molar-refractivity contribution >= 4 is 17.6 Å². The molecule has 2 N–H and O–H groups in total. The number of aryl methyl sites for hydroxylation is 2. The Morgan fingerprint density at radius 3 is 2.46 bits per heavy atom. The van der Waals surface area contributed by atoms with E-state index in [1.807, 2.05) is 55.5 Å². The molecule has 28 heavy (non-hydrogen) atoms. The van der Waals surface area contributed by atoms with Crippen molar-refractivity contribution in [2.24, 2.45) is 0 Å². The van der Waals surface area contributed by atoms with Crippen molar-refractivity contribution in [3.63, 3.8) is 0 Å². The number of benzene rings is 2. The van der Waals surface area contributed by atoms with Crippen LogP contribution in [0.15, 0.2) is 71.3 Å². The lowest BCUT2D eigenvalue weighted by Crippen LogP contribution is -2.06. The molecule has 2 heterocycles. The van der Waals surface area contributed by atoms with Crippen LogP contribution in [0.25, 0.3) is 11.3 Å². The van der Waals surface area contributed by atoms with E-state index >= 15 is 0 Å². The molecule has 0 atom stereocenters. The van der Waals surface area contributed by atoms with Gasteiger partial charge in [0.2, 0.25) is 5.95 Å². The first-order valence-corrected chi connectivity index (χ1v) is 9.10. The standard InChI is InChI=1S/C22H21N5O/c1-15-7-6-8-17(11-15)14-23-22-24-19(18-9-4-3-5-10-18)13-20(26-22)25-21-12-16(2)28-27-21/h3-13H,14H2,1-2H3,(H2,23,24,25,26,27). The van der Waals surface area contributed by atoms with Crippen LogP contribution in [0, 0.1) is 13.8 Å². The van der Waals surface area contributed by atoms with Crippen LogP contribution in [0.3, 0.4) is 0 Å². The zero-order chi connectivity index (χ0) is 19.3. The smallest absolute Gasteiger partial charge is 0.225 e. The van der Waals surface area contributed by atoms with Gasteiger partial charge in [-0.3, -0.25) is 0 Å². The van der Waals surface area contributed by atoms with E-state index < -0.39 is 0 Å². The summed E-state index contributed by atoms with van der Waals surface area (Å²) in [6, 6.07) is 22.1. The van der Waals surface area contributed by atoms with Crippen molar-refractivity contribution in [3.8, 4) is 11.3 Å². The van der Waals surface area contributed by atoms with Crippen molar-refractivity contribution in [1.82, 2.24) is 15.1 Å². The minimum Gasteiger partial charge on any atom is -0.360 e. The fraction of sp³-hybridized carbons (Fsp3) is 0.136. The van der Waals surface area contributed by atoms with E-state index in [2.05, 4.69) is 50.9 Å². The molecule has 0 fully saturated rings. The molecule has 2 aromatic heterocycles. The molecule has 0 saturated heterocycles. The van der Waals surface area contributed by atoms with Gasteiger partial charge in [-0.1, -0.05) is 65.3 Å².